The van der Waals surface area contributed by atoms with E-state index in [-0.39, 0.29) is 4.90 Å². The lowest BCUT2D eigenvalue weighted by Crippen LogP contribution is -2.36. The van der Waals surface area contributed by atoms with E-state index < -0.39 is 14.6 Å². The molecule has 4 N–H and O–H groups in total. The van der Waals surface area contributed by atoms with Crippen LogP contribution in [0.3, 0.4) is 0 Å². The zero-order valence-corrected chi connectivity index (χ0v) is 11.6. The highest BCUT2D eigenvalue weighted by molar-refractivity contribution is 7.85. The highest BCUT2D eigenvalue weighted by Gasteiger charge is 2.10. The number of hydrazine groups is 1. The predicted octanol–water partition coefficient (Wildman–Crippen LogP) is 1.84. The van der Waals surface area contributed by atoms with Gasteiger partial charge in [-0.2, -0.15) is 8.42 Å². The standard InChI is InChI=1S/C7H8O3S.C2H6Cl2N2/c1-6-2-4-7(5-3-6)11(8,9)10;1-2(3,4)6-5/h2-5H,1H3,(H,8,9,10);6H,5H2,1H3. The fourth-order valence-corrected chi connectivity index (χ4v) is 1.19. The molecule has 0 amide bonds. The Morgan fingerprint density at radius 1 is 1.29 bits per heavy atom. The molecule has 1 rings (SSSR count). The van der Waals surface area contributed by atoms with E-state index >= 15 is 0 Å². The van der Waals surface area contributed by atoms with Gasteiger partial charge in [-0.15, -0.1) is 0 Å². The van der Waals surface area contributed by atoms with Crippen LogP contribution in [0.5, 0.6) is 0 Å². The third-order valence-electron chi connectivity index (χ3n) is 1.57. The van der Waals surface area contributed by atoms with Gasteiger partial charge in [0, 0.05) is 0 Å². The van der Waals surface area contributed by atoms with Crippen molar-refractivity contribution in [1.29, 1.82) is 0 Å². The van der Waals surface area contributed by atoms with E-state index in [0.29, 0.717) is 0 Å². The average molecular weight is 301 g/mol. The molecule has 8 heteroatoms. The molecule has 0 saturated heterocycles. The van der Waals surface area contributed by atoms with E-state index in [0.717, 1.165) is 5.56 Å². The number of hydrogen-bond acceptors (Lipinski definition) is 4. The molecular weight excluding hydrogens is 287 g/mol. The van der Waals surface area contributed by atoms with Gasteiger partial charge < -0.3 is 0 Å². The highest BCUT2D eigenvalue weighted by atomic mass is 35.5. The molecular formula is C9H14Cl2N2O3S. The molecule has 0 bridgehead atoms. The highest BCUT2D eigenvalue weighted by Crippen LogP contribution is 2.11. The van der Waals surface area contributed by atoms with Crippen LogP contribution in [0.2, 0.25) is 0 Å². The molecule has 0 aromatic heterocycles. The summed E-state index contributed by atoms with van der Waals surface area (Å²) in [5, 5.41) is 0. The molecule has 0 heterocycles. The van der Waals surface area contributed by atoms with Crippen molar-refractivity contribution in [2.24, 2.45) is 5.84 Å². The summed E-state index contributed by atoms with van der Waals surface area (Å²) in [7, 11) is -4.02. The number of aryl methyl sites for hydroxylation is 1. The smallest absolute Gasteiger partial charge is 0.282 e. The number of benzene rings is 1. The fraction of sp³-hybridized carbons (Fsp3) is 0.333. The largest absolute Gasteiger partial charge is 0.294 e. The molecule has 0 aliphatic carbocycles. The minimum Gasteiger partial charge on any atom is -0.282 e. The van der Waals surface area contributed by atoms with Crippen molar-refractivity contribution >= 4 is 33.3 Å². The van der Waals surface area contributed by atoms with Gasteiger partial charge in [0.1, 0.15) is 0 Å². The number of nitrogens with one attached hydrogen (secondary N) is 1. The van der Waals surface area contributed by atoms with Gasteiger partial charge in [-0.25, -0.2) is 5.43 Å². The molecule has 1 aromatic rings. The first-order valence-electron chi connectivity index (χ1n) is 4.46. The monoisotopic (exact) mass is 300 g/mol. The number of nitrogens with two attached hydrogens (primary N) is 1. The van der Waals surface area contributed by atoms with E-state index in [4.69, 9.17) is 33.6 Å². The average Bonchev–Trinajstić information content (AvgIpc) is 2.17. The van der Waals surface area contributed by atoms with Crippen LogP contribution < -0.4 is 11.3 Å². The van der Waals surface area contributed by atoms with Gasteiger partial charge in [-0.05, 0) is 26.0 Å². The van der Waals surface area contributed by atoms with Crippen molar-refractivity contribution in [3.63, 3.8) is 0 Å². The van der Waals surface area contributed by atoms with Crippen LogP contribution in [0.25, 0.3) is 0 Å². The molecule has 0 atom stereocenters. The minimum absolute atomic E-state index is 0.0666. The number of alkyl halides is 2. The second-order valence-electron chi connectivity index (χ2n) is 3.32. The molecule has 0 aliphatic heterocycles. The quantitative estimate of drug-likeness (QED) is 0.255. The van der Waals surface area contributed by atoms with E-state index in [1.54, 1.807) is 12.1 Å². The minimum atomic E-state index is -4.02. The summed E-state index contributed by atoms with van der Waals surface area (Å²) < 4.78 is 28.6. The normalized spacial score (nSPS) is 11.6. The van der Waals surface area contributed by atoms with Gasteiger partial charge in [0.05, 0.1) is 4.90 Å². The second-order valence-corrected chi connectivity index (χ2v) is 6.45. The lowest BCUT2D eigenvalue weighted by atomic mass is 10.2. The number of rotatable bonds is 2. The Morgan fingerprint density at radius 2 is 1.65 bits per heavy atom. The Morgan fingerprint density at radius 3 is 1.88 bits per heavy atom. The maximum absolute atomic E-state index is 10.5. The number of halogens is 2. The van der Waals surface area contributed by atoms with Gasteiger partial charge in [-0.3, -0.25) is 10.4 Å². The molecule has 0 aliphatic rings. The summed E-state index contributed by atoms with van der Waals surface area (Å²) in [6.45, 7) is 3.38. The zero-order chi connectivity index (χ0) is 13.7. The van der Waals surface area contributed by atoms with Crippen molar-refractivity contribution in [2.45, 2.75) is 23.2 Å². The SMILES string of the molecule is CC(Cl)(Cl)NN.Cc1ccc(S(=O)(=O)O)cc1. The van der Waals surface area contributed by atoms with Gasteiger partial charge >= 0.3 is 0 Å². The first-order chi connectivity index (χ1) is 7.56. The molecule has 0 spiro atoms. The summed E-state index contributed by atoms with van der Waals surface area (Å²) in [4.78, 5) is -0.0666. The summed E-state index contributed by atoms with van der Waals surface area (Å²) in [5.74, 6) is 4.79. The van der Waals surface area contributed by atoms with E-state index in [9.17, 15) is 8.42 Å². The Kier molecular flexibility index (Phi) is 6.39. The maximum Gasteiger partial charge on any atom is 0.294 e. The first kappa shape index (κ1) is 16.6. The zero-order valence-electron chi connectivity index (χ0n) is 9.31. The molecule has 17 heavy (non-hydrogen) atoms. The molecule has 0 radical (unpaired) electrons. The third-order valence-corrected chi connectivity index (χ3v) is 2.66. The first-order valence-corrected chi connectivity index (χ1v) is 6.65. The summed E-state index contributed by atoms with van der Waals surface area (Å²) in [5.41, 5.74) is 3.09. The summed E-state index contributed by atoms with van der Waals surface area (Å²) in [6.07, 6.45) is 0. The third kappa shape index (κ3) is 8.37. The summed E-state index contributed by atoms with van der Waals surface area (Å²) >= 11 is 10.5. The van der Waals surface area contributed by atoms with Crippen LogP contribution in [0.1, 0.15) is 12.5 Å². The van der Waals surface area contributed by atoms with Gasteiger partial charge in [0.15, 0.2) is 4.46 Å². The van der Waals surface area contributed by atoms with Crippen LogP contribution in [-0.4, -0.2) is 17.4 Å². The molecule has 0 saturated carbocycles. The van der Waals surface area contributed by atoms with Crippen molar-refractivity contribution in [3.8, 4) is 0 Å². The molecule has 1 aromatic carbocycles. The fourth-order valence-electron chi connectivity index (χ4n) is 0.710. The van der Waals surface area contributed by atoms with Crippen LogP contribution in [-0.2, 0) is 10.1 Å². The predicted molar refractivity (Wildman–Crippen MR) is 68.4 cm³/mol. The maximum atomic E-state index is 10.5. The lowest BCUT2D eigenvalue weighted by Gasteiger charge is -2.08. The van der Waals surface area contributed by atoms with Crippen molar-refractivity contribution in [3.05, 3.63) is 29.8 Å². The van der Waals surface area contributed by atoms with E-state index in [2.05, 4.69) is 5.43 Å². The van der Waals surface area contributed by atoms with E-state index in [1.807, 2.05) is 6.92 Å². The van der Waals surface area contributed by atoms with Crippen molar-refractivity contribution < 1.29 is 13.0 Å². The van der Waals surface area contributed by atoms with Crippen LogP contribution in [0.15, 0.2) is 29.2 Å². The van der Waals surface area contributed by atoms with Crippen molar-refractivity contribution in [2.75, 3.05) is 0 Å². The van der Waals surface area contributed by atoms with E-state index in [1.165, 1.54) is 19.1 Å². The van der Waals surface area contributed by atoms with Gasteiger partial charge in [0.25, 0.3) is 10.1 Å². The van der Waals surface area contributed by atoms with Gasteiger partial charge in [0.2, 0.25) is 0 Å². The van der Waals surface area contributed by atoms with Crippen LogP contribution >= 0.6 is 23.2 Å². The Hall–Kier alpha value is -0.370. The Bertz CT molecular complexity index is 440. The lowest BCUT2D eigenvalue weighted by molar-refractivity contribution is 0.483. The molecule has 0 fully saturated rings. The Balaban J connectivity index is 0.000000366. The second kappa shape index (κ2) is 6.53. The Labute approximate surface area is 111 Å². The van der Waals surface area contributed by atoms with Crippen LogP contribution in [0, 0.1) is 6.92 Å². The molecule has 5 nitrogen and oxygen atoms in total. The topological polar surface area (TPSA) is 92.4 Å². The van der Waals surface area contributed by atoms with Crippen molar-refractivity contribution in [1.82, 2.24) is 5.43 Å². The molecule has 98 valence electrons. The summed E-state index contributed by atoms with van der Waals surface area (Å²) in [6, 6.07) is 5.99. The van der Waals surface area contributed by atoms with Gasteiger partial charge in [-0.1, -0.05) is 40.9 Å². The number of hydrogen-bond donors (Lipinski definition) is 3. The molecule has 0 unspecified atom stereocenters. The van der Waals surface area contributed by atoms with Crippen LogP contribution in [0.4, 0.5) is 0 Å².